The van der Waals surface area contributed by atoms with Gasteiger partial charge in [0.2, 0.25) is 11.8 Å². The molecule has 7 nitrogen and oxygen atoms in total. The minimum atomic E-state index is -1.10. The summed E-state index contributed by atoms with van der Waals surface area (Å²) in [5.41, 5.74) is 7.47. The van der Waals surface area contributed by atoms with E-state index in [2.05, 4.69) is 13.8 Å². The number of primary amides is 1. The van der Waals surface area contributed by atoms with E-state index in [1.807, 2.05) is 13.0 Å². The maximum atomic E-state index is 12.4. The Kier molecular flexibility index (Phi) is 13.3. The molecular formula is C27H44N2O5. The van der Waals surface area contributed by atoms with Crippen LogP contribution < -0.4 is 10.6 Å². The Balaban J connectivity index is 2.97. The van der Waals surface area contributed by atoms with Crippen LogP contribution in [-0.2, 0) is 14.4 Å². The van der Waals surface area contributed by atoms with Gasteiger partial charge in [0.25, 0.3) is 0 Å². The molecule has 192 valence electrons. The number of nitrogens with zero attached hydrogens (tertiary/aromatic N) is 1. The lowest BCUT2D eigenvalue weighted by Gasteiger charge is -2.31. The number of aliphatic carboxylic acids is 1. The molecule has 2 atom stereocenters. The van der Waals surface area contributed by atoms with Crippen molar-refractivity contribution in [3.8, 4) is 5.75 Å². The molecule has 2 amide bonds. The number of carboxylic acid groups (broad SMARTS) is 1. The number of hydrogen-bond acceptors (Lipinski definition) is 4. The molecule has 7 heteroatoms. The zero-order valence-corrected chi connectivity index (χ0v) is 21.4. The summed E-state index contributed by atoms with van der Waals surface area (Å²) in [4.78, 5) is 36.7. The van der Waals surface area contributed by atoms with Crippen molar-refractivity contribution >= 4 is 23.5 Å². The molecule has 0 heterocycles. The number of nitrogens with two attached hydrogens (primary N) is 1. The van der Waals surface area contributed by atoms with Crippen LogP contribution in [0, 0.1) is 6.92 Å². The number of aryl methyl sites for hydroxylation is 1. The molecule has 1 rings (SSSR count). The van der Waals surface area contributed by atoms with Gasteiger partial charge in [-0.15, -0.1) is 0 Å². The summed E-state index contributed by atoms with van der Waals surface area (Å²) >= 11 is 0. The number of benzene rings is 1. The topological polar surface area (TPSA) is 121 Å². The van der Waals surface area contributed by atoms with Crippen molar-refractivity contribution in [1.82, 2.24) is 0 Å². The van der Waals surface area contributed by atoms with Gasteiger partial charge in [-0.2, -0.15) is 0 Å². The van der Waals surface area contributed by atoms with Crippen molar-refractivity contribution in [2.75, 3.05) is 4.90 Å². The Hall–Kier alpha value is -2.57. The zero-order chi connectivity index (χ0) is 25.7. The molecule has 0 radical (unpaired) electrons. The average molecular weight is 477 g/mol. The predicted octanol–water partition coefficient (Wildman–Crippen LogP) is 5.80. The molecule has 34 heavy (non-hydrogen) atoms. The van der Waals surface area contributed by atoms with E-state index < -0.39 is 23.8 Å². The molecule has 0 aliphatic heterocycles. The van der Waals surface area contributed by atoms with Crippen molar-refractivity contribution < 1.29 is 24.6 Å². The number of phenols is 1. The van der Waals surface area contributed by atoms with E-state index >= 15 is 0 Å². The Morgan fingerprint density at radius 2 is 1.56 bits per heavy atom. The third kappa shape index (κ3) is 9.35. The summed E-state index contributed by atoms with van der Waals surface area (Å²) in [5, 5.41) is 19.9. The molecular weight excluding hydrogens is 432 g/mol. The number of anilines is 1. The molecule has 0 aromatic heterocycles. The van der Waals surface area contributed by atoms with Gasteiger partial charge in [0.15, 0.2) is 0 Å². The van der Waals surface area contributed by atoms with Gasteiger partial charge in [-0.25, -0.2) is 0 Å². The van der Waals surface area contributed by atoms with Gasteiger partial charge in [-0.3, -0.25) is 19.3 Å². The lowest BCUT2D eigenvalue weighted by molar-refractivity contribution is -0.137. The molecule has 0 spiro atoms. The highest BCUT2D eigenvalue weighted by molar-refractivity contribution is 6.00. The number of amides is 2. The van der Waals surface area contributed by atoms with Crippen molar-refractivity contribution in [2.45, 2.75) is 117 Å². The third-order valence-corrected chi connectivity index (χ3v) is 6.55. The second-order valence-corrected chi connectivity index (χ2v) is 9.31. The van der Waals surface area contributed by atoms with E-state index in [0.29, 0.717) is 5.69 Å². The number of unbranched alkanes of at least 4 members (excludes halogenated alkanes) is 7. The first kappa shape index (κ1) is 29.5. The molecule has 0 saturated carbocycles. The molecule has 1 aromatic rings. The van der Waals surface area contributed by atoms with Crippen LogP contribution >= 0.6 is 0 Å². The summed E-state index contributed by atoms with van der Waals surface area (Å²) in [5.74, 6) is -2.00. The minimum Gasteiger partial charge on any atom is -0.508 e. The molecule has 0 bridgehead atoms. The fourth-order valence-electron chi connectivity index (χ4n) is 4.61. The van der Waals surface area contributed by atoms with Gasteiger partial charge in [-0.1, -0.05) is 71.3 Å². The molecule has 0 fully saturated rings. The van der Waals surface area contributed by atoms with E-state index in [0.717, 1.165) is 30.4 Å². The van der Waals surface area contributed by atoms with Crippen LogP contribution in [0.3, 0.4) is 0 Å². The Labute approximate surface area is 204 Å². The van der Waals surface area contributed by atoms with Gasteiger partial charge in [-0.05, 0) is 43.2 Å². The van der Waals surface area contributed by atoms with Crippen LogP contribution in [0.2, 0.25) is 0 Å². The molecule has 0 saturated heterocycles. The molecule has 0 aliphatic rings. The molecule has 1 unspecified atom stereocenters. The number of carbonyl (C=O) groups excluding carboxylic acids is 2. The molecule has 1 aromatic carbocycles. The molecule has 4 N–H and O–H groups in total. The standard InChI is InChI=1S/C27H44N2O5/c1-5-7-8-9-10-11-12-13-14-21(6-2)22-17-19(3)24(18-25(22)31)29(20(4)30)23(27(28)34)15-16-26(32)33/h17-18,21,23,31H,5-16H2,1-4H3,(H2,28,34)(H,32,33)/t21?,23-/m0/s1. The van der Waals surface area contributed by atoms with Crippen molar-refractivity contribution in [2.24, 2.45) is 5.73 Å². The van der Waals surface area contributed by atoms with E-state index in [9.17, 15) is 19.5 Å². The second kappa shape index (κ2) is 15.4. The first-order chi connectivity index (χ1) is 16.1. The zero-order valence-electron chi connectivity index (χ0n) is 21.4. The normalized spacial score (nSPS) is 12.8. The number of carbonyl (C=O) groups is 3. The van der Waals surface area contributed by atoms with Gasteiger partial charge >= 0.3 is 5.97 Å². The minimum absolute atomic E-state index is 0.0831. The number of rotatable bonds is 17. The van der Waals surface area contributed by atoms with E-state index in [1.54, 1.807) is 0 Å². The third-order valence-electron chi connectivity index (χ3n) is 6.55. The fourth-order valence-corrected chi connectivity index (χ4v) is 4.61. The highest BCUT2D eigenvalue weighted by Crippen LogP contribution is 2.38. The smallest absolute Gasteiger partial charge is 0.303 e. The van der Waals surface area contributed by atoms with E-state index in [1.165, 1.54) is 62.8 Å². The first-order valence-corrected chi connectivity index (χ1v) is 12.8. The Morgan fingerprint density at radius 1 is 0.971 bits per heavy atom. The molecule has 0 aliphatic carbocycles. The maximum Gasteiger partial charge on any atom is 0.303 e. The van der Waals surface area contributed by atoms with Crippen LogP contribution in [-0.4, -0.2) is 34.0 Å². The van der Waals surface area contributed by atoms with Gasteiger partial charge in [0.1, 0.15) is 11.8 Å². The van der Waals surface area contributed by atoms with E-state index in [4.69, 9.17) is 10.8 Å². The van der Waals surface area contributed by atoms with Crippen molar-refractivity contribution in [3.63, 3.8) is 0 Å². The first-order valence-electron chi connectivity index (χ1n) is 12.8. The van der Waals surface area contributed by atoms with Crippen LogP contribution in [0.1, 0.15) is 115 Å². The highest BCUT2D eigenvalue weighted by Gasteiger charge is 2.30. The lowest BCUT2D eigenvalue weighted by Crippen LogP contribution is -2.48. The van der Waals surface area contributed by atoms with Gasteiger partial charge in [0.05, 0.1) is 5.69 Å². The second-order valence-electron chi connectivity index (χ2n) is 9.31. The number of hydrogen-bond donors (Lipinski definition) is 3. The Morgan fingerprint density at radius 3 is 2.06 bits per heavy atom. The average Bonchev–Trinajstić information content (AvgIpc) is 2.77. The van der Waals surface area contributed by atoms with Crippen LogP contribution in [0.25, 0.3) is 0 Å². The van der Waals surface area contributed by atoms with Crippen molar-refractivity contribution in [1.29, 1.82) is 0 Å². The predicted molar refractivity (Wildman–Crippen MR) is 136 cm³/mol. The number of aromatic hydroxyl groups is 1. The fraction of sp³-hybridized carbons (Fsp3) is 0.667. The summed E-state index contributed by atoms with van der Waals surface area (Å²) in [7, 11) is 0. The number of carboxylic acids is 1. The maximum absolute atomic E-state index is 12.4. The summed E-state index contributed by atoms with van der Waals surface area (Å²) < 4.78 is 0. The van der Waals surface area contributed by atoms with Gasteiger partial charge in [0, 0.05) is 19.4 Å². The van der Waals surface area contributed by atoms with Crippen LogP contribution in [0.5, 0.6) is 5.75 Å². The number of phenolic OH excluding ortho intramolecular Hbond substituents is 1. The SMILES string of the molecule is CCCCCCCCCCC(CC)c1cc(C)c(N(C(C)=O)[C@@H](CCC(=O)O)C(N)=O)cc1O. The quantitative estimate of drug-likeness (QED) is 0.245. The Bertz CT molecular complexity index is 808. The van der Waals surface area contributed by atoms with Crippen molar-refractivity contribution in [3.05, 3.63) is 23.3 Å². The van der Waals surface area contributed by atoms with Crippen LogP contribution in [0.4, 0.5) is 5.69 Å². The summed E-state index contributed by atoms with van der Waals surface area (Å²) in [6, 6.07) is 2.30. The summed E-state index contributed by atoms with van der Waals surface area (Å²) in [6.45, 7) is 7.46. The lowest BCUT2D eigenvalue weighted by atomic mass is 9.88. The highest BCUT2D eigenvalue weighted by atomic mass is 16.4. The largest absolute Gasteiger partial charge is 0.508 e. The monoisotopic (exact) mass is 476 g/mol. The summed E-state index contributed by atoms with van der Waals surface area (Å²) in [6.07, 6.45) is 11.5. The van der Waals surface area contributed by atoms with Gasteiger partial charge < -0.3 is 15.9 Å². The van der Waals surface area contributed by atoms with Crippen LogP contribution in [0.15, 0.2) is 12.1 Å². The van der Waals surface area contributed by atoms with E-state index in [-0.39, 0.29) is 24.5 Å².